The molecular formula is C14H22Cl2N2O. The molecule has 108 valence electrons. The van der Waals surface area contributed by atoms with Gasteiger partial charge in [-0.25, -0.2) is 0 Å². The summed E-state index contributed by atoms with van der Waals surface area (Å²) in [7, 11) is 1.72. The van der Waals surface area contributed by atoms with Gasteiger partial charge in [0.2, 0.25) is 0 Å². The molecule has 19 heavy (non-hydrogen) atoms. The molecule has 1 atom stereocenters. The Kier molecular flexibility index (Phi) is 6.57. The van der Waals surface area contributed by atoms with Gasteiger partial charge >= 0.3 is 0 Å². The van der Waals surface area contributed by atoms with Crippen molar-refractivity contribution in [1.82, 2.24) is 5.43 Å². The number of hydrazine groups is 1. The van der Waals surface area contributed by atoms with Crippen LogP contribution in [-0.2, 0) is 11.2 Å². The lowest BCUT2D eigenvalue weighted by Gasteiger charge is -2.25. The summed E-state index contributed by atoms with van der Waals surface area (Å²) in [5.41, 5.74) is 3.75. The van der Waals surface area contributed by atoms with Gasteiger partial charge in [0.1, 0.15) is 0 Å². The standard InChI is InChI=1S/C14H22Cl2N2O/c1-14(2,19-3)7-6-12(18-17)8-10-4-5-11(15)9-13(10)16/h4-5,9,12,18H,6-8,17H2,1-3H3. The highest BCUT2D eigenvalue weighted by molar-refractivity contribution is 6.35. The number of hydrogen-bond acceptors (Lipinski definition) is 3. The minimum atomic E-state index is -0.140. The van der Waals surface area contributed by atoms with E-state index in [1.807, 2.05) is 12.1 Å². The van der Waals surface area contributed by atoms with Gasteiger partial charge in [0, 0.05) is 23.2 Å². The molecule has 0 fully saturated rings. The maximum absolute atomic E-state index is 6.17. The van der Waals surface area contributed by atoms with Gasteiger partial charge in [0.25, 0.3) is 0 Å². The lowest BCUT2D eigenvalue weighted by Crippen LogP contribution is -2.38. The van der Waals surface area contributed by atoms with Gasteiger partial charge in [-0.3, -0.25) is 11.3 Å². The molecule has 1 aromatic carbocycles. The summed E-state index contributed by atoms with van der Waals surface area (Å²) in [4.78, 5) is 0. The molecule has 0 radical (unpaired) electrons. The fourth-order valence-electron chi connectivity index (χ4n) is 1.82. The van der Waals surface area contributed by atoms with Crippen molar-refractivity contribution in [2.75, 3.05) is 7.11 Å². The third kappa shape index (κ3) is 5.67. The maximum Gasteiger partial charge on any atom is 0.0623 e. The van der Waals surface area contributed by atoms with Crippen molar-refractivity contribution < 1.29 is 4.74 Å². The Hall–Kier alpha value is -0.320. The molecule has 0 aromatic heterocycles. The average Bonchev–Trinajstić information content (AvgIpc) is 2.37. The van der Waals surface area contributed by atoms with Gasteiger partial charge in [-0.1, -0.05) is 29.3 Å². The van der Waals surface area contributed by atoms with E-state index < -0.39 is 0 Å². The molecule has 0 bridgehead atoms. The van der Waals surface area contributed by atoms with Crippen LogP contribution in [0.2, 0.25) is 10.0 Å². The Balaban J connectivity index is 2.61. The number of rotatable bonds is 7. The number of nitrogens with two attached hydrogens (primary N) is 1. The number of nitrogens with one attached hydrogen (secondary N) is 1. The van der Waals surface area contributed by atoms with Crippen LogP contribution in [0, 0.1) is 0 Å². The molecule has 5 heteroatoms. The third-order valence-electron chi connectivity index (χ3n) is 3.36. The Morgan fingerprint density at radius 1 is 1.37 bits per heavy atom. The second-order valence-corrected chi connectivity index (χ2v) is 6.15. The summed E-state index contributed by atoms with van der Waals surface area (Å²) < 4.78 is 5.41. The fourth-order valence-corrected chi connectivity index (χ4v) is 2.31. The zero-order valence-electron chi connectivity index (χ0n) is 11.7. The first-order valence-corrected chi connectivity index (χ1v) is 7.09. The monoisotopic (exact) mass is 304 g/mol. The van der Waals surface area contributed by atoms with E-state index >= 15 is 0 Å². The molecule has 0 aliphatic heterocycles. The molecule has 1 aromatic rings. The zero-order chi connectivity index (χ0) is 14.5. The quantitative estimate of drug-likeness (QED) is 0.598. The van der Waals surface area contributed by atoms with E-state index in [1.54, 1.807) is 13.2 Å². The average molecular weight is 305 g/mol. The predicted molar refractivity (Wildman–Crippen MR) is 81.6 cm³/mol. The number of benzene rings is 1. The highest BCUT2D eigenvalue weighted by Crippen LogP contribution is 2.24. The molecule has 0 amide bonds. The largest absolute Gasteiger partial charge is 0.379 e. The van der Waals surface area contributed by atoms with Crippen LogP contribution in [0.4, 0.5) is 0 Å². The summed E-state index contributed by atoms with van der Waals surface area (Å²) in [6.07, 6.45) is 2.60. The molecular weight excluding hydrogens is 283 g/mol. The lowest BCUT2D eigenvalue weighted by atomic mass is 9.95. The summed E-state index contributed by atoms with van der Waals surface area (Å²) in [5, 5.41) is 1.32. The SMILES string of the molecule is COC(C)(C)CCC(Cc1ccc(Cl)cc1Cl)NN. The number of methoxy groups -OCH3 is 1. The van der Waals surface area contributed by atoms with E-state index in [1.165, 1.54) is 0 Å². The van der Waals surface area contributed by atoms with Crippen molar-refractivity contribution in [2.24, 2.45) is 5.84 Å². The minimum Gasteiger partial charge on any atom is -0.379 e. The normalized spacial score (nSPS) is 13.6. The van der Waals surface area contributed by atoms with Crippen molar-refractivity contribution in [2.45, 2.75) is 44.8 Å². The van der Waals surface area contributed by atoms with E-state index in [-0.39, 0.29) is 11.6 Å². The van der Waals surface area contributed by atoms with Gasteiger partial charge in [0.15, 0.2) is 0 Å². The molecule has 0 heterocycles. The molecule has 3 nitrogen and oxygen atoms in total. The topological polar surface area (TPSA) is 47.3 Å². The van der Waals surface area contributed by atoms with Crippen molar-refractivity contribution in [3.8, 4) is 0 Å². The molecule has 1 rings (SSSR count). The van der Waals surface area contributed by atoms with Crippen LogP contribution >= 0.6 is 23.2 Å². The Labute approximate surface area is 125 Å². The van der Waals surface area contributed by atoms with Crippen molar-refractivity contribution >= 4 is 23.2 Å². The van der Waals surface area contributed by atoms with Crippen LogP contribution in [-0.4, -0.2) is 18.8 Å². The van der Waals surface area contributed by atoms with Crippen molar-refractivity contribution in [1.29, 1.82) is 0 Å². The summed E-state index contributed by atoms with van der Waals surface area (Å²) >= 11 is 12.1. The second-order valence-electron chi connectivity index (χ2n) is 5.31. The van der Waals surface area contributed by atoms with Crippen LogP contribution in [0.1, 0.15) is 32.3 Å². The first kappa shape index (κ1) is 16.7. The summed E-state index contributed by atoms with van der Waals surface area (Å²) in [6.45, 7) is 4.13. The molecule has 0 saturated heterocycles. The Morgan fingerprint density at radius 2 is 2.05 bits per heavy atom. The van der Waals surface area contributed by atoms with Gasteiger partial charge in [-0.2, -0.15) is 0 Å². The van der Waals surface area contributed by atoms with Crippen LogP contribution < -0.4 is 11.3 Å². The minimum absolute atomic E-state index is 0.140. The number of hydrogen-bond donors (Lipinski definition) is 2. The summed E-state index contributed by atoms with van der Waals surface area (Å²) in [6, 6.07) is 5.70. The third-order valence-corrected chi connectivity index (χ3v) is 3.95. The predicted octanol–water partition coefficient (Wildman–Crippen LogP) is 3.57. The van der Waals surface area contributed by atoms with Crippen LogP contribution in [0.25, 0.3) is 0 Å². The Bertz CT molecular complexity index is 410. The molecule has 0 saturated carbocycles. The Morgan fingerprint density at radius 3 is 2.58 bits per heavy atom. The number of ether oxygens (including phenoxy) is 1. The van der Waals surface area contributed by atoms with Crippen molar-refractivity contribution in [3.05, 3.63) is 33.8 Å². The summed E-state index contributed by atoms with van der Waals surface area (Å²) in [5.74, 6) is 5.61. The molecule has 0 aliphatic carbocycles. The first-order valence-electron chi connectivity index (χ1n) is 6.33. The molecule has 1 unspecified atom stereocenters. The van der Waals surface area contributed by atoms with Crippen LogP contribution in [0.3, 0.4) is 0 Å². The first-order chi connectivity index (χ1) is 8.88. The highest BCUT2D eigenvalue weighted by Gasteiger charge is 2.19. The van der Waals surface area contributed by atoms with Crippen molar-refractivity contribution in [3.63, 3.8) is 0 Å². The lowest BCUT2D eigenvalue weighted by molar-refractivity contribution is 0.0117. The van der Waals surface area contributed by atoms with E-state index in [0.717, 1.165) is 24.8 Å². The van der Waals surface area contributed by atoms with Gasteiger partial charge < -0.3 is 4.74 Å². The van der Waals surface area contributed by atoms with Crippen LogP contribution in [0.5, 0.6) is 0 Å². The fraction of sp³-hybridized carbons (Fsp3) is 0.571. The van der Waals surface area contributed by atoms with E-state index in [0.29, 0.717) is 10.0 Å². The van der Waals surface area contributed by atoms with E-state index in [9.17, 15) is 0 Å². The molecule has 0 spiro atoms. The van der Waals surface area contributed by atoms with Crippen LogP contribution in [0.15, 0.2) is 18.2 Å². The van der Waals surface area contributed by atoms with E-state index in [4.69, 9.17) is 33.8 Å². The second kappa shape index (κ2) is 7.46. The smallest absolute Gasteiger partial charge is 0.0623 e. The molecule has 3 N–H and O–H groups in total. The van der Waals surface area contributed by atoms with E-state index in [2.05, 4.69) is 19.3 Å². The van der Waals surface area contributed by atoms with Gasteiger partial charge in [-0.05, 0) is 50.8 Å². The van der Waals surface area contributed by atoms with Gasteiger partial charge in [-0.15, -0.1) is 0 Å². The highest BCUT2D eigenvalue weighted by atomic mass is 35.5. The maximum atomic E-state index is 6.17. The number of halogens is 2. The van der Waals surface area contributed by atoms with Gasteiger partial charge in [0.05, 0.1) is 5.60 Å². The zero-order valence-corrected chi connectivity index (χ0v) is 13.2. The molecule has 0 aliphatic rings.